The van der Waals surface area contributed by atoms with Gasteiger partial charge < -0.3 is 10.1 Å². The maximum Gasteiger partial charge on any atom is 0.264 e. The Labute approximate surface area is 185 Å². The molecule has 1 aliphatic rings. The maximum absolute atomic E-state index is 13.5. The van der Waals surface area contributed by atoms with Gasteiger partial charge in [0.15, 0.2) is 0 Å². The summed E-state index contributed by atoms with van der Waals surface area (Å²) in [5.41, 5.74) is 0.362. The number of benzene rings is 2. The van der Waals surface area contributed by atoms with Crippen molar-refractivity contribution in [3.8, 4) is 5.75 Å². The van der Waals surface area contributed by atoms with Crippen LogP contribution in [0, 0.1) is 0 Å². The summed E-state index contributed by atoms with van der Waals surface area (Å²) in [6.45, 7) is 1.94. The Bertz CT molecular complexity index is 939. The van der Waals surface area contributed by atoms with E-state index in [2.05, 4.69) is 5.32 Å². The summed E-state index contributed by atoms with van der Waals surface area (Å²) in [6.07, 6.45) is 7.66. The molecule has 6 nitrogen and oxygen atoms in total. The van der Waals surface area contributed by atoms with Gasteiger partial charge in [0.1, 0.15) is 12.3 Å². The molecule has 1 fully saturated rings. The number of nitrogens with zero attached hydrogens (tertiary/aromatic N) is 1. The van der Waals surface area contributed by atoms with E-state index in [4.69, 9.17) is 4.74 Å². The third-order valence-electron chi connectivity index (χ3n) is 5.52. The number of ether oxygens (including phenoxy) is 1. The van der Waals surface area contributed by atoms with E-state index in [9.17, 15) is 13.2 Å². The van der Waals surface area contributed by atoms with Crippen molar-refractivity contribution in [2.45, 2.75) is 62.8 Å². The SMILES string of the molecule is CCOc1ccccc1N(CC(=O)NC1CCCCCCC1)S(=O)(=O)c1ccccc1. The first-order valence-corrected chi connectivity index (χ1v) is 12.6. The molecule has 3 rings (SSSR count). The van der Waals surface area contributed by atoms with Gasteiger partial charge in [-0.05, 0) is 44.0 Å². The van der Waals surface area contributed by atoms with Crippen LogP contribution in [0.15, 0.2) is 59.5 Å². The van der Waals surface area contributed by atoms with Crippen molar-refractivity contribution in [3.05, 3.63) is 54.6 Å². The molecular formula is C24H32N2O4S. The van der Waals surface area contributed by atoms with Gasteiger partial charge in [0.25, 0.3) is 10.0 Å². The summed E-state index contributed by atoms with van der Waals surface area (Å²) >= 11 is 0. The fraction of sp³-hybridized carbons (Fsp3) is 0.458. The summed E-state index contributed by atoms with van der Waals surface area (Å²) in [7, 11) is -3.95. The summed E-state index contributed by atoms with van der Waals surface area (Å²) in [4.78, 5) is 13.1. The number of sulfonamides is 1. The van der Waals surface area contributed by atoms with Gasteiger partial charge in [-0.25, -0.2) is 8.42 Å². The number of carbonyl (C=O) groups is 1. The third kappa shape index (κ3) is 6.23. The van der Waals surface area contributed by atoms with Crippen LogP contribution in [0.5, 0.6) is 5.75 Å². The molecule has 0 aliphatic heterocycles. The molecule has 0 saturated heterocycles. The summed E-state index contributed by atoms with van der Waals surface area (Å²) in [5.74, 6) is 0.139. The van der Waals surface area contributed by atoms with E-state index in [1.54, 1.807) is 54.6 Å². The number of amides is 1. The molecule has 0 bridgehead atoms. The van der Waals surface area contributed by atoms with Crippen molar-refractivity contribution in [3.63, 3.8) is 0 Å². The molecule has 7 heteroatoms. The fourth-order valence-corrected chi connectivity index (χ4v) is 5.42. The van der Waals surface area contributed by atoms with Gasteiger partial charge in [-0.15, -0.1) is 0 Å². The van der Waals surface area contributed by atoms with Crippen LogP contribution in [0.25, 0.3) is 0 Å². The van der Waals surface area contributed by atoms with Crippen LogP contribution in [-0.4, -0.2) is 33.5 Å². The standard InChI is InChI=1S/C24H32N2O4S/c1-2-30-23-18-12-11-17-22(23)26(31(28,29)21-15-9-6-10-16-21)19-24(27)25-20-13-7-4-3-5-8-14-20/h6,9-12,15-18,20H,2-5,7-8,13-14,19H2,1H3,(H,25,27). The molecule has 0 atom stereocenters. The number of hydrogen-bond acceptors (Lipinski definition) is 4. The van der Waals surface area contributed by atoms with E-state index in [-0.39, 0.29) is 23.4 Å². The van der Waals surface area contributed by atoms with Crippen molar-refractivity contribution < 1.29 is 17.9 Å². The minimum absolute atomic E-state index is 0.0937. The van der Waals surface area contributed by atoms with Crippen molar-refractivity contribution >= 4 is 21.6 Å². The average molecular weight is 445 g/mol. The van der Waals surface area contributed by atoms with Gasteiger partial charge in [0, 0.05) is 6.04 Å². The topological polar surface area (TPSA) is 75.7 Å². The zero-order chi connectivity index (χ0) is 22.1. The molecule has 1 saturated carbocycles. The highest BCUT2D eigenvalue weighted by Crippen LogP contribution is 2.32. The predicted molar refractivity (Wildman–Crippen MR) is 123 cm³/mol. The van der Waals surface area contributed by atoms with Crippen LogP contribution in [0.3, 0.4) is 0 Å². The Hall–Kier alpha value is -2.54. The molecule has 0 unspecified atom stereocenters. The van der Waals surface area contributed by atoms with E-state index < -0.39 is 10.0 Å². The Kier molecular flexibility index (Phi) is 8.35. The summed E-state index contributed by atoms with van der Waals surface area (Å²) in [5, 5.41) is 3.08. The first-order chi connectivity index (χ1) is 15.0. The average Bonchev–Trinajstić information content (AvgIpc) is 2.75. The van der Waals surface area contributed by atoms with Gasteiger partial charge in [-0.2, -0.15) is 0 Å². The van der Waals surface area contributed by atoms with E-state index in [1.165, 1.54) is 19.3 Å². The van der Waals surface area contributed by atoms with E-state index in [0.717, 1.165) is 30.0 Å². The number of rotatable bonds is 8. The van der Waals surface area contributed by atoms with Crippen molar-refractivity contribution in [1.29, 1.82) is 0 Å². The lowest BCUT2D eigenvalue weighted by atomic mass is 9.97. The molecule has 31 heavy (non-hydrogen) atoms. The predicted octanol–water partition coefficient (Wildman–Crippen LogP) is 4.51. The number of para-hydroxylation sites is 2. The number of nitrogens with one attached hydrogen (secondary N) is 1. The Morgan fingerprint density at radius 3 is 2.26 bits per heavy atom. The van der Waals surface area contributed by atoms with E-state index in [1.807, 2.05) is 6.92 Å². The molecule has 0 spiro atoms. The van der Waals surface area contributed by atoms with Crippen molar-refractivity contribution in [2.75, 3.05) is 17.5 Å². The Balaban J connectivity index is 1.88. The van der Waals surface area contributed by atoms with Crippen molar-refractivity contribution in [1.82, 2.24) is 5.32 Å². The lowest BCUT2D eigenvalue weighted by molar-refractivity contribution is -0.120. The summed E-state index contributed by atoms with van der Waals surface area (Å²) in [6, 6.07) is 15.2. The molecule has 1 N–H and O–H groups in total. The largest absolute Gasteiger partial charge is 0.492 e. The second kappa shape index (κ2) is 11.2. The van der Waals surface area contributed by atoms with Crippen LogP contribution >= 0.6 is 0 Å². The maximum atomic E-state index is 13.5. The molecule has 0 radical (unpaired) electrons. The van der Waals surface area contributed by atoms with Gasteiger partial charge in [0.2, 0.25) is 5.91 Å². The zero-order valence-electron chi connectivity index (χ0n) is 18.1. The molecule has 0 aromatic heterocycles. The highest BCUT2D eigenvalue weighted by molar-refractivity contribution is 7.92. The molecule has 1 amide bonds. The quantitative estimate of drug-likeness (QED) is 0.650. The molecule has 2 aromatic rings. The Morgan fingerprint density at radius 2 is 1.58 bits per heavy atom. The summed E-state index contributed by atoms with van der Waals surface area (Å²) < 4.78 is 33.8. The molecule has 2 aromatic carbocycles. The van der Waals surface area contributed by atoms with Crippen LogP contribution in [-0.2, 0) is 14.8 Å². The first kappa shape index (κ1) is 23.1. The molecule has 1 aliphatic carbocycles. The lowest BCUT2D eigenvalue weighted by Crippen LogP contribution is -2.44. The van der Waals surface area contributed by atoms with Crippen LogP contribution in [0.2, 0.25) is 0 Å². The molecule has 0 heterocycles. The first-order valence-electron chi connectivity index (χ1n) is 11.1. The second-order valence-corrected chi connectivity index (χ2v) is 9.70. The smallest absolute Gasteiger partial charge is 0.264 e. The normalized spacial score (nSPS) is 15.5. The zero-order valence-corrected chi connectivity index (χ0v) is 18.9. The van der Waals surface area contributed by atoms with Crippen LogP contribution in [0.4, 0.5) is 5.69 Å². The molecule has 168 valence electrons. The highest BCUT2D eigenvalue weighted by Gasteiger charge is 2.30. The number of anilines is 1. The van der Waals surface area contributed by atoms with Gasteiger partial charge in [-0.1, -0.05) is 62.4 Å². The lowest BCUT2D eigenvalue weighted by Gasteiger charge is -2.27. The van der Waals surface area contributed by atoms with E-state index in [0.29, 0.717) is 18.0 Å². The minimum atomic E-state index is -3.95. The van der Waals surface area contributed by atoms with Gasteiger partial charge in [-0.3, -0.25) is 9.10 Å². The second-order valence-electron chi connectivity index (χ2n) is 7.84. The van der Waals surface area contributed by atoms with Gasteiger partial charge in [0.05, 0.1) is 17.2 Å². The Morgan fingerprint density at radius 1 is 0.968 bits per heavy atom. The monoisotopic (exact) mass is 444 g/mol. The highest BCUT2D eigenvalue weighted by atomic mass is 32.2. The van der Waals surface area contributed by atoms with E-state index >= 15 is 0 Å². The van der Waals surface area contributed by atoms with Crippen molar-refractivity contribution in [2.24, 2.45) is 0 Å². The molecular weight excluding hydrogens is 412 g/mol. The minimum Gasteiger partial charge on any atom is -0.492 e. The number of carbonyl (C=O) groups excluding carboxylic acids is 1. The van der Waals surface area contributed by atoms with Gasteiger partial charge >= 0.3 is 0 Å². The third-order valence-corrected chi connectivity index (χ3v) is 7.30. The number of hydrogen-bond donors (Lipinski definition) is 1. The fourth-order valence-electron chi connectivity index (χ4n) is 3.96. The van der Waals surface area contributed by atoms with Crippen LogP contribution < -0.4 is 14.4 Å². The van der Waals surface area contributed by atoms with Crippen LogP contribution in [0.1, 0.15) is 51.9 Å².